The molecular formula is C14H25N3O5. The van der Waals surface area contributed by atoms with E-state index in [2.05, 4.69) is 10.9 Å². The van der Waals surface area contributed by atoms with Gasteiger partial charge in [0.25, 0.3) is 5.91 Å². The van der Waals surface area contributed by atoms with E-state index in [1.807, 2.05) is 0 Å². The van der Waals surface area contributed by atoms with Gasteiger partial charge in [0, 0.05) is 6.92 Å². The zero-order chi connectivity index (χ0) is 17.3. The third-order valence-corrected chi connectivity index (χ3v) is 3.16. The van der Waals surface area contributed by atoms with Gasteiger partial charge in [-0.2, -0.15) is 0 Å². The van der Waals surface area contributed by atoms with Gasteiger partial charge in [-0.15, -0.1) is 0 Å². The number of amides is 3. The van der Waals surface area contributed by atoms with Crippen LogP contribution in [0.4, 0.5) is 4.79 Å². The summed E-state index contributed by atoms with van der Waals surface area (Å²) in [5.74, 6) is -0.974. The lowest BCUT2D eigenvalue weighted by molar-refractivity contribution is -0.136. The van der Waals surface area contributed by atoms with Crippen molar-refractivity contribution >= 4 is 17.9 Å². The minimum Gasteiger partial charge on any atom is -0.444 e. The van der Waals surface area contributed by atoms with E-state index in [1.165, 1.54) is 11.8 Å². The fourth-order valence-corrected chi connectivity index (χ4v) is 2.22. The molecule has 22 heavy (non-hydrogen) atoms. The highest BCUT2D eigenvalue weighted by molar-refractivity contribution is 5.91. The summed E-state index contributed by atoms with van der Waals surface area (Å²) in [4.78, 5) is 37.1. The first-order valence-corrected chi connectivity index (χ1v) is 7.04. The lowest BCUT2D eigenvalue weighted by Crippen LogP contribution is -2.63. The summed E-state index contributed by atoms with van der Waals surface area (Å²) in [6.07, 6.45) is -0.657. The summed E-state index contributed by atoms with van der Waals surface area (Å²) in [5, 5.41) is 0. The molecule has 0 aromatic rings. The van der Waals surface area contributed by atoms with Crippen molar-refractivity contribution in [3.8, 4) is 0 Å². The maximum atomic E-state index is 12.5. The first-order chi connectivity index (χ1) is 9.79. The van der Waals surface area contributed by atoms with Crippen LogP contribution >= 0.6 is 0 Å². The van der Waals surface area contributed by atoms with E-state index < -0.39 is 34.8 Å². The second-order valence-electron chi connectivity index (χ2n) is 6.96. The topological polar surface area (TPSA) is 97.0 Å². The quantitative estimate of drug-likeness (QED) is 0.701. The van der Waals surface area contributed by atoms with Crippen LogP contribution in [0.3, 0.4) is 0 Å². The molecule has 1 atom stereocenters. The first kappa shape index (κ1) is 18.2. The molecular weight excluding hydrogens is 290 g/mol. The smallest absolute Gasteiger partial charge is 0.413 e. The van der Waals surface area contributed by atoms with E-state index in [-0.39, 0.29) is 6.61 Å². The molecule has 2 N–H and O–H groups in total. The van der Waals surface area contributed by atoms with E-state index in [4.69, 9.17) is 9.47 Å². The number of carbonyl (C=O) groups excluding carboxylic acids is 3. The van der Waals surface area contributed by atoms with Crippen LogP contribution < -0.4 is 10.9 Å². The number of nitrogens with one attached hydrogen (secondary N) is 2. The molecule has 0 aliphatic carbocycles. The van der Waals surface area contributed by atoms with Crippen LogP contribution in [0.25, 0.3) is 0 Å². The molecule has 0 unspecified atom stereocenters. The fraction of sp³-hybridized carbons (Fsp3) is 0.786. The van der Waals surface area contributed by atoms with Gasteiger partial charge in [-0.05, 0) is 41.5 Å². The molecule has 0 saturated carbocycles. The van der Waals surface area contributed by atoms with Crippen molar-refractivity contribution in [2.24, 2.45) is 0 Å². The molecule has 1 aliphatic heterocycles. The van der Waals surface area contributed by atoms with E-state index in [0.29, 0.717) is 0 Å². The summed E-state index contributed by atoms with van der Waals surface area (Å²) in [7, 11) is 0. The lowest BCUT2D eigenvalue weighted by atomic mass is 10.0. The Hall–Kier alpha value is -1.83. The Balaban J connectivity index is 3.04. The van der Waals surface area contributed by atoms with Crippen molar-refractivity contribution in [1.29, 1.82) is 0 Å². The molecule has 1 saturated heterocycles. The predicted molar refractivity (Wildman–Crippen MR) is 78.5 cm³/mol. The summed E-state index contributed by atoms with van der Waals surface area (Å²) in [6, 6.07) is 0. The van der Waals surface area contributed by atoms with Gasteiger partial charge in [0.15, 0.2) is 0 Å². The third-order valence-electron chi connectivity index (χ3n) is 3.16. The number of nitrogens with zero attached hydrogens (tertiary/aromatic N) is 1. The Morgan fingerprint density at radius 1 is 1.14 bits per heavy atom. The van der Waals surface area contributed by atoms with Crippen LogP contribution in [0, 0.1) is 0 Å². The van der Waals surface area contributed by atoms with Crippen molar-refractivity contribution in [2.45, 2.75) is 65.3 Å². The molecule has 0 aromatic carbocycles. The number of hydrazine groups is 1. The maximum Gasteiger partial charge on any atom is 0.413 e. The molecule has 0 bridgehead atoms. The molecule has 126 valence electrons. The number of hydrogen-bond acceptors (Lipinski definition) is 5. The van der Waals surface area contributed by atoms with Crippen molar-refractivity contribution in [1.82, 2.24) is 15.8 Å². The Morgan fingerprint density at radius 2 is 1.68 bits per heavy atom. The average molecular weight is 315 g/mol. The Kier molecular flexibility index (Phi) is 4.76. The van der Waals surface area contributed by atoms with Crippen molar-refractivity contribution < 1.29 is 23.9 Å². The highest BCUT2D eigenvalue weighted by Gasteiger charge is 2.57. The lowest BCUT2D eigenvalue weighted by Gasteiger charge is -2.39. The fourth-order valence-electron chi connectivity index (χ4n) is 2.22. The van der Waals surface area contributed by atoms with E-state index in [9.17, 15) is 14.4 Å². The van der Waals surface area contributed by atoms with Gasteiger partial charge in [0.2, 0.25) is 5.91 Å². The number of ether oxygens (including phenoxy) is 2. The number of hydrogen-bond donors (Lipinski definition) is 2. The van der Waals surface area contributed by atoms with Gasteiger partial charge in [0.05, 0.1) is 6.61 Å². The monoisotopic (exact) mass is 315 g/mol. The molecule has 1 heterocycles. The van der Waals surface area contributed by atoms with Gasteiger partial charge in [-0.25, -0.2) is 4.79 Å². The van der Waals surface area contributed by atoms with Gasteiger partial charge in [-0.3, -0.25) is 25.3 Å². The predicted octanol–water partition coefficient (Wildman–Crippen LogP) is 0.916. The second-order valence-corrected chi connectivity index (χ2v) is 6.96. The summed E-state index contributed by atoms with van der Waals surface area (Å²) in [5.41, 5.74) is 1.48. The van der Waals surface area contributed by atoms with Crippen LogP contribution in [0.15, 0.2) is 0 Å². The number of carbonyl (C=O) groups is 3. The first-order valence-electron chi connectivity index (χ1n) is 7.04. The zero-order valence-corrected chi connectivity index (χ0v) is 14.2. The molecule has 1 fully saturated rings. The average Bonchev–Trinajstić information content (AvgIpc) is 2.55. The maximum absolute atomic E-state index is 12.5. The SMILES string of the molecule is CC(=O)NNC(=O)[C@]1(C)COC(C)(C)N1C(=O)OC(C)(C)C. The Bertz CT molecular complexity index is 483. The van der Waals surface area contributed by atoms with Crippen molar-refractivity contribution in [3.63, 3.8) is 0 Å². The van der Waals surface area contributed by atoms with E-state index in [1.54, 1.807) is 41.5 Å². The van der Waals surface area contributed by atoms with E-state index in [0.717, 1.165) is 0 Å². The van der Waals surface area contributed by atoms with Crippen LogP contribution in [0.1, 0.15) is 48.5 Å². The molecule has 3 amide bonds. The molecule has 8 nitrogen and oxygen atoms in total. The van der Waals surface area contributed by atoms with Crippen LogP contribution in [-0.2, 0) is 19.1 Å². The molecule has 0 spiro atoms. The molecule has 8 heteroatoms. The standard InChI is InChI=1S/C14H25N3O5/c1-9(18)15-16-10(19)14(7)8-21-13(5,6)17(14)11(20)22-12(2,3)4/h8H2,1-7H3,(H,15,18)(H,16,19)/t14-/m0/s1. The molecule has 0 aromatic heterocycles. The van der Waals surface area contributed by atoms with Crippen LogP contribution in [-0.4, -0.2) is 46.3 Å². The molecule has 0 radical (unpaired) electrons. The largest absolute Gasteiger partial charge is 0.444 e. The Labute approximate surface area is 130 Å². The summed E-state index contributed by atoms with van der Waals surface area (Å²) in [6.45, 7) is 11.4. The van der Waals surface area contributed by atoms with Gasteiger partial charge < -0.3 is 9.47 Å². The van der Waals surface area contributed by atoms with E-state index >= 15 is 0 Å². The number of rotatable bonds is 1. The minimum atomic E-state index is -1.30. The van der Waals surface area contributed by atoms with Gasteiger partial charge >= 0.3 is 6.09 Å². The van der Waals surface area contributed by atoms with Gasteiger partial charge in [-0.1, -0.05) is 0 Å². The minimum absolute atomic E-state index is 0.00926. The normalized spacial score (nSPS) is 23.9. The van der Waals surface area contributed by atoms with Crippen molar-refractivity contribution in [2.75, 3.05) is 6.61 Å². The summed E-state index contributed by atoms with van der Waals surface area (Å²) >= 11 is 0. The Morgan fingerprint density at radius 3 is 2.14 bits per heavy atom. The van der Waals surface area contributed by atoms with Crippen molar-refractivity contribution in [3.05, 3.63) is 0 Å². The second kappa shape index (κ2) is 5.75. The van der Waals surface area contributed by atoms with Gasteiger partial charge in [0.1, 0.15) is 16.9 Å². The van der Waals surface area contributed by atoms with Crippen LogP contribution in [0.2, 0.25) is 0 Å². The molecule has 1 rings (SSSR count). The van der Waals surface area contributed by atoms with Crippen LogP contribution in [0.5, 0.6) is 0 Å². The summed E-state index contributed by atoms with van der Waals surface area (Å²) < 4.78 is 11.0. The highest BCUT2D eigenvalue weighted by Crippen LogP contribution is 2.36. The zero-order valence-electron chi connectivity index (χ0n) is 14.2. The highest BCUT2D eigenvalue weighted by atomic mass is 16.6. The molecule has 1 aliphatic rings. The third kappa shape index (κ3) is 3.88.